The van der Waals surface area contributed by atoms with Crippen LogP contribution in [0.4, 0.5) is 5.69 Å². The van der Waals surface area contributed by atoms with Crippen LogP contribution in [0, 0.1) is 17.2 Å². The number of hydrogen-bond acceptors (Lipinski definition) is 7. The fourth-order valence-electron chi connectivity index (χ4n) is 3.46. The fraction of sp³-hybridized carbons (Fsp3) is 0.250. The SMILES string of the molecule is CC1=C(C#N)C(=O)N(CCc2ccccc2)C(=O)C1C=Nc1ccc(S(=O)(=O)CCO)cc1. The molecule has 1 heterocycles. The Hall–Kier alpha value is -3.61. The van der Waals surface area contributed by atoms with E-state index in [0.717, 1.165) is 10.5 Å². The Labute approximate surface area is 192 Å². The van der Waals surface area contributed by atoms with Gasteiger partial charge in [0.25, 0.3) is 5.91 Å². The van der Waals surface area contributed by atoms with Gasteiger partial charge in [0, 0.05) is 12.8 Å². The molecular weight excluding hydrogens is 442 g/mol. The number of carbonyl (C=O) groups excluding carboxylic acids is 2. The minimum absolute atomic E-state index is 0.0600. The summed E-state index contributed by atoms with van der Waals surface area (Å²) in [6.45, 7) is 1.23. The van der Waals surface area contributed by atoms with Crippen LogP contribution in [0.1, 0.15) is 12.5 Å². The topological polar surface area (TPSA) is 128 Å². The molecule has 9 heteroatoms. The van der Waals surface area contributed by atoms with Gasteiger partial charge < -0.3 is 5.11 Å². The van der Waals surface area contributed by atoms with Crippen LogP contribution in [0.2, 0.25) is 0 Å². The number of benzene rings is 2. The van der Waals surface area contributed by atoms with E-state index in [9.17, 15) is 23.3 Å². The van der Waals surface area contributed by atoms with Crippen LogP contribution in [-0.2, 0) is 25.8 Å². The van der Waals surface area contributed by atoms with E-state index in [1.54, 1.807) is 6.92 Å². The second-order valence-corrected chi connectivity index (χ2v) is 9.60. The third-order valence-corrected chi connectivity index (χ3v) is 7.07. The third kappa shape index (κ3) is 5.42. The van der Waals surface area contributed by atoms with Gasteiger partial charge in [-0.3, -0.25) is 19.5 Å². The molecule has 170 valence electrons. The number of amides is 2. The van der Waals surface area contributed by atoms with Crippen LogP contribution in [0.3, 0.4) is 0 Å². The first-order valence-corrected chi connectivity index (χ1v) is 11.9. The van der Waals surface area contributed by atoms with Crippen molar-refractivity contribution in [3.05, 3.63) is 71.3 Å². The van der Waals surface area contributed by atoms with E-state index < -0.39 is 34.2 Å². The number of aliphatic hydroxyl groups excluding tert-OH is 1. The zero-order valence-electron chi connectivity index (χ0n) is 18.0. The van der Waals surface area contributed by atoms with E-state index >= 15 is 0 Å². The van der Waals surface area contributed by atoms with Crippen molar-refractivity contribution < 1.29 is 23.1 Å². The van der Waals surface area contributed by atoms with E-state index in [-0.39, 0.29) is 22.8 Å². The molecule has 1 N–H and O–H groups in total. The molecule has 0 aromatic heterocycles. The van der Waals surface area contributed by atoms with Crippen molar-refractivity contribution in [3.8, 4) is 6.07 Å². The van der Waals surface area contributed by atoms with Crippen LogP contribution in [-0.4, -0.2) is 55.4 Å². The van der Waals surface area contributed by atoms with Crippen LogP contribution in [0.15, 0.2) is 75.6 Å². The number of aliphatic hydroxyl groups is 1. The predicted octanol–water partition coefficient (Wildman–Crippen LogP) is 2.22. The van der Waals surface area contributed by atoms with Gasteiger partial charge in [0.1, 0.15) is 11.6 Å². The zero-order valence-corrected chi connectivity index (χ0v) is 18.8. The van der Waals surface area contributed by atoms with Crippen molar-refractivity contribution in [2.24, 2.45) is 10.9 Å². The Morgan fingerprint density at radius 1 is 1.12 bits per heavy atom. The molecule has 33 heavy (non-hydrogen) atoms. The lowest BCUT2D eigenvalue weighted by atomic mass is 9.90. The van der Waals surface area contributed by atoms with Gasteiger partial charge in [0.05, 0.1) is 28.9 Å². The van der Waals surface area contributed by atoms with Gasteiger partial charge in [-0.15, -0.1) is 0 Å². The van der Waals surface area contributed by atoms with Gasteiger partial charge in [0.2, 0.25) is 5.91 Å². The van der Waals surface area contributed by atoms with E-state index in [4.69, 9.17) is 5.11 Å². The maximum atomic E-state index is 13.1. The van der Waals surface area contributed by atoms with Gasteiger partial charge in [-0.05, 0) is 48.7 Å². The fourth-order valence-corrected chi connectivity index (χ4v) is 4.49. The first-order valence-electron chi connectivity index (χ1n) is 10.3. The predicted molar refractivity (Wildman–Crippen MR) is 122 cm³/mol. The molecule has 0 radical (unpaired) electrons. The Morgan fingerprint density at radius 2 is 1.79 bits per heavy atom. The van der Waals surface area contributed by atoms with Crippen molar-refractivity contribution in [1.29, 1.82) is 5.26 Å². The molecule has 0 saturated carbocycles. The standard InChI is InChI=1S/C24H23N3O5S/c1-17-21(15-25)23(29)27(12-11-18-5-3-2-4-6-18)24(30)22(17)16-26-19-7-9-20(10-8-19)33(31,32)14-13-28/h2-10,16,22,28H,11-14H2,1H3. The highest BCUT2D eigenvalue weighted by molar-refractivity contribution is 7.91. The average molecular weight is 466 g/mol. The van der Waals surface area contributed by atoms with Gasteiger partial charge >= 0.3 is 0 Å². The number of rotatable bonds is 8. The van der Waals surface area contributed by atoms with Crippen molar-refractivity contribution in [2.75, 3.05) is 18.9 Å². The minimum atomic E-state index is -3.58. The van der Waals surface area contributed by atoms with Gasteiger partial charge in [0.15, 0.2) is 9.84 Å². The number of hydrogen-bond donors (Lipinski definition) is 1. The van der Waals surface area contributed by atoms with Crippen molar-refractivity contribution in [1.82, 2.24) is 4.90 Å². The van der Waals surface area contributed by atoms with Gasteiger partial charge in [-0.1, -0.05) is 30.3 Å². The molecule has 1 unspecified atom stereocenters. The Bertz CT molecular complexity index is 1240. The first-order chi connectivity index (χ1) is 15.8. The minimum Gasteiger partial charge on any atom is -0.395 e. The highest BCUT2D eigenvalue weighted by Crippen LogP contribution is 2.26. The van der Waals surface area contributed by atoms with Crippen molar-refractivity contribution in [3.63, 3.8) is 0 Å². The number of aliphatic imine (C=N–C) groups is 1. The lowest BCUT2D eigenvalue weighted by Gasteiger charge is -2.29. The number of carbonyl (C=O) groups is 2. The molecule has 0 aliphatic carbocycles. The molecule has 0 bridgehead atoms. The molecule has 0 spiro atoms. The highest BCUT2D eigenvalue weighted by Gasteiger charge is 2.38. The van der Waals surface area contributed by atoms with Crippen LogP contribution >= 0.6 is 0 Å². The second-order valence-electron chi connectivity index (χ2n) is 7.49. The molecule has 8 nitrogen and oxygen atoms in total. The summed E-state index contributed by atoms with van der Waals surface area (Å²) >= 11 is 0. The van der Waals surface area contributed by atoms with Crippen molar-refractivity contribution >= 4 is 33.6 Å². The number of nitrogens with zero attached hydrogens (tertiary/aromatic N) is 3. The van der Waals surface area contributed by atoms with Crippen LogP contribution < -0.4 is 0 Å². The van der Waals surface area contributed by atoms with Crippen molar-refractivity contribution in [2.45, 2.75) is 18.2 Å². The molecular formula is C24H23N3O5S. The smallest absolute Gasteiger partial charge is 0.271 e. The lowest BCUT2D eigenvalue weighted by molar-refractivity contribution is -0.144. The summed E-state index contributed by atoms with van der Waals surface area (Å²) in [5, 5.41) is 18.4. The summed E-state index contributed by atoms with van der Waals surface area (Å²) < 4.78 is 24.0. The molecule has 2 amide bonds. The third-order valence-electron chi connectivity index (χ3n) is 5.36. The van der Waals surface area contributed by atoms with Crippen LogP contribution in [0.5, 0.6) is 0 Å². The summed E-state index contributed by atoms with van der Waals surface area (Å²) in [4.78, 5) is 31.2. The summed E-state index contributed by atoms with van der Waals surface area (Å²) in [6, 6.07) is 17.0. The molecule has 2 aromatic rings. The lowest BCUT2D eigenvalue weighted by Crippen LogP contribution is -2.47. The molecule has 3 rings (SSSR count). The quantitative estimate of drug-likeness (QED) is 0.470. The Kier molecular flexibility index (Phi) is 7.53. The monoisotopic (exact) mass is 465 g/mol. The maximum absolute atomic E-state index is 13.1. The zero-order chi connectivity index (χ0) is 24.0. The van der Waals surface area contributed by atoms with E-state index in [2.05, 4.69) is 4.99 Å². The summed E-state index contributed by atoms with van der Waals surface area (Å²) in [5.41, 5.74) is 1.62. The molecule has 1 aliphatic heterocycles. The molecule has 2 aromatic carbocycles. The van der Waals surface area contributed by atoms with Crippen LogP contribution in [0.25, 0.3) is 0 Å². The van der Waals surface area contributed by atoms with E-state index in [1.807, 2.05) is 36.4 Å². The average Bonchev–Trinajstić information content (AvgIpc) is 2.80. The largest absolute Gasteiger partial charge is 0.395 e. The molecule has 1 atom stereocenters. The van der Waals surface area contributed by atoms with Gasteiger partial charge in [-0.2, -0.15) is 5.26 Å². The summed E-state index contributed by atoms with van der Waals surface area (Å²) in [7, 11) is -3.58. The summed E-state index contributed by atoms with van der Waals surface area (Å²) in [5.74, 6) is -2.33. The maximum Gasteiger partial charge on any atom is 0.271 e. The number of imide groups is 1. The summed E-state index contributed by atoms with van der Waals surface area (Å²) in [6.07, 6.45) is 1.83. The Balaban J connectivity index is 1.82. The molecule has 1 aliphatic rings. The van der Waals surface area contributed by atoms with Gasteiger partial charge in [-0.25, -0.2) is 8.42 Å². The second kappa shape index (κ2) is 10.3. The normalized spacial score (nSPS) is 17.0. The number of nitriles is 1. The van der Waals surface area contributed by atoms with E-state index in [1.165, 1.54) is 30.5 Å². The first kappa shape index (κ1) is 24.0. The number of sulfone groups is 1. The molecule has 0 saturated heterocycles. The van der Waals surface area contributed by atoms with E-state index in [0.29, 0.717) is 17.7 Å². The Morgan fingerprint density at radius 3 is 2.39 bits per heavy atom. The highest BCUT2D eigenvalue weighted by atomic mass is 32.2. The molecule has 0 fully saturated rings.